The van der Waals surface area contributed by atoms with Crippen LogP contribution in [-0.2, 0) is 12.0 Å². The Morgan fingerprint density at radius 1 is 1.30 bits per heavy atom. The van der Waals surface area contributed by atoms with Crippen molar-refractivity contribution < 1.29 is 13.6 Å². The predicted octanol–water partition coefficient (Wildman–Crippen LogP) is 3.43. The predicted molar refractivity (Wildman–Crippen MR) is 115 cm³/mol. The fourth-order valence-electron chi connectivity index (χ4n) is 2.44. The van der Waals surface area contributed by atoms with Crippen molar-refractivity contribution >= 4 is 47.4 Å². The van der Waals surface area contributed by atoms with E-state index < -0.39 is 5.91 Å². The summed E-state index contributed by atoms with van der Waals surface area (Å²) in [6.07, 6.45) is 0. The normalized spacial score (nSPS) is 11.7. The zero-order chi connectivity index (χ0) is 19.3. The van der Waals surface area contributed by atoms with E-state index in [0.717, 1.165) is 5.56 Å². The minimum Gasteiger partial charge on any atom is -0.454 e. The van der Waals surface area contributed by atoms with Gasteiger partial charge in [0.2, 0.25) is 0 Å². The molecule has 2 rings (SSSR count). The van der Waals surface area contributed by atoms with Gasteiger partial charge in [-0.25, -0.2) is 4.39 Å². The summed E-state index contributed by atoms with van der Waals surface area (Å²) in [5, 5.41) is 6.67. The maximum Gasteiger partial charge on any atom is 0.284 e. The number of hydrogen-bond donors (Lipinski definition) is 3. The molecule has 2 aromatic rings. The molecular weight excluding hydrogens is 486 g/mol. The van der Waals surface area contributed by atoms with Gasteiger partial charge in [-0.3, -0.25) is 9.79 Å². The average molecular weight is 509 g/mol. The van der Waals surface area contributed by atoms with Crippen molar-refractivity contribution in [1.82, 2.24) is 10.6 Å². The van der Waals surface area contributed by atoms with Crippen molar-refractivity contribution in [2.45, 2.75) is 25.8 Å². The second kappa shape index (κ2) is 9.93. The molecule has 0 atom stereocenters. The van der Waals surface area contributed by atoms with Gasteiger partial charge in [-0.15, -0.1) is 24.0 Å². The first-order valence-electron chi connectivity index (χ1n) is 8.01. The van der Waals surface area contributed by atoms with Crippen LogP contribution in [0.15, 0.2) is 39.7 Å². The molecule has 0 saturated heterocycles. The Hall–Kier alpha value is -1.81. The van der Waals surface area contributed by atoms with Gasteiger partial charge in [-0.05, 0) is 29.8 Å². The highest BCUT2D eigenvalue weighted by atomic mass is 127. The molecule has 148 valence electrons. The molecule has 4 N–H and O–H groups in total. The molecule has 1 aromatic carbocycles. The second-order valence-corrected chi connectivity index (χ2v) is 6.82. The highest BCUT2D eigenvalue weighted by Crippen LogP contribution is 2.29. The lowest BCUT2D eigenvalue weighted by molar-refractivity contribution is 0.0972. The van der Waals surface area contributed by atoms with Crippen LogP contribution in [0.25, 0.3) is 0 Å². The second-order valence-electron chi connectivity index (χ2n) is 6.42. The summed E-state index contributed by atoms with van der Waals surface area (Å²) in [4.78, 5) is 15.2. The maximum absolute atomic E-state index is 13.3. The van der Waals surface area contributed by atoms with Crippen molar-refractivity contribution in [1.29, 1.82) is 0 Å². The lowest BCUT2D eigenvalue weighted by atomic mass is 9.84. The topological polar surface area (TPSA) is 92.6 Å². The van der Waals surface area contributed by atoms with E-state index in [2.05, 4.69) is 15.6 Å². The largest absolute Gasteiger partial charge is 0.454 e. The number of carbonyl (C=O) groups excluding carboxylic acids is 1. The molecule has 9 heteroatoms. The summed E-state index contributed by atoms with van der Waals surface area (Å²) >= 11 is 6.17. The fraction of sp³-hybridized carbons (Fsp3) is 0.333. The Balaban J connectivity index is 0.00000364. The SMILES string of the molecule is CN=C(NCc1ccc(C(N)=O)o1)NCC(C)(C)c1ccc(F)cc1Cl.I. The lowest BCUT2D eigenvalue weighted by Gasteiger charge is -2.27. The zero-order valence-corrected chi connectivity index (χ0v) is 18.4. The molecule has 6 nitrogen and oxygen atoms in total. The Morgan fingerprint density at radius 3 is 2.56 bits per heavy atom. The van der Waals surface area contributed by atoms with Crippen molar-refractivity contribution in [3.8, 4) is 0 Å². The smallest absolute Gasteiger partial charge is 0.284 e. The molecule has 0 radical (unpaired) electrons. The third-order valence-corrected chi connectivity index (χ3v) is 4.23. The number of guanidine groups is 1. The van der Waals surface area contributed by atoms with Gasteiger partial charge in [0.15, 0.2) is 11.7 Å². The van der Waals surface area contributed by atoms with E-state index in [1.54, 1.807) is 19.2 Å². The summed E-state index contributed by atoms with van der Waals surface area (Å²) in [6.45, 7) is 4.85. The number of carbonyl (C=O) groups is 1. The summed E-state index contributed by atoms with van der Waals surface area (Å²) in [7, 11) is 1.64. The zero-order valence-electron chi connectivity index (χ0n) is 15.3. The van der Waals surface area contributed by atoms with E-state index in [9.17, 15) is 9.18 Å². The third-order valence-electron chi connectivity index (χ3n) is 3.92. The van der Waals surface area contributed by atoms with E-state index in [-0.39, 0.29) is 41.0 Å². The van der Waals surface area contributed by atoms with Gasteiger partial charge >= 0.3 is 0 Å². The van der Waals surface area contributed by atoms with Crippen molar-refractivity contribution in [3.05, 3.63) is 58.3 Å². The fourth-order valence-corrected chi connectivity index (χ4v) is 2.86. The van der Waals surface area contributed by atoms with E-state index in [0.29, 0.717) is 29.8 Å². The number of benzene rings is 1. The summed E-state index contributed by atoms with van der Waals surface area (Å²) in [6, 6.07) is 7.57. The number of aliphatic imine (C=N–C) groups is 1. The van der Waals surface area contributed by atoms with Crippen LogP contribution < -0.4 is 16.4 Å². The minimum atomic E-state index is -0.614. The number of nitrogens with two attached hydrogens (primary N) is 1. The minimum absolute atomic E-state index is 0. The highest BCUT2D eigenvalue weighted by Gasteiger charge is 2.24. The summed E-state index contributed by atoms with van der Waals surface area (Å²) in [5.74, 6) is 0.234. The molecule has 27 heavy (non-hydrogen) atoms. The van der Waals surface area contributed by atoms with Gasteiger partial charge in [-0.1, -0.05) is 31.5 Å². The molecule has 0 aliphatic carbocycles. The number of nitrogens with zero attached hydrogens (tertiary/aromatic N) is 1. The van der Waals surface area contributed by atoms with Gasteiger partial charge in [0, 0.05) is 24.0 Å². The first-order valence-corrected chi connectivity index (χ1v) is 8.39. The van der Waals surface area contributed by atoms with Crippen molar-refractivity contribution in [3.63, 3.8) is 0 Å². The van der Waals surface area contributed by atoms with Crippen LogP contribution in [0.3, 0.4) is 0 Å². The van der Waals surface area contributed by atoms with E-state index in [4.69, 9.17) is 21.8 Å². The highest BCUT2D eigenvalue weighted by molar-refractivity contribution is 14.0. The Bertz CT molecular complexity index is 823. The van der Waals surface area contributed by atoms with Gasteiger partial charge in [0.05, 0.1) is 6.54 Å². The van der Waals surface area contributed by atoms with Gasteiger partial charge in [-0.2, -0.15) is 0 Å². The number of halogens is 3. The van der Waals surface area contributed by atoms with Crippen LogP contribution in [0.5, 0.6) is 0 Å². The Labute approximate surface area is 179 Å². The van der Waals surface area contributed by atoms with E-state index >= 15 is 0 Å². The van der Waals surface area contributed by atoms with Gasteiger partial charge < -0.3 is 20.8 Å². The van der Waals surface area contributed by atoms with Crippen LogP contribution in [0.4, 0.5) is 4.39 Å². The standard InChI is InChI=1S/C18H22ClFN4O2.HI/c1-18(2,13-6-4-11(20)8-14(13)19)10-24-17(22-3)23-9-12-5-7-15(26-12)16(21)25;/h4-8H,9-10H2,1-3H3,(H2,21,25)(H2,22,23,24);1H. The molecule has 1 heterocycles. The quantitative estimate of drug-likeness (QED) is 0.317. The molecular formula is C18H23ClFIN4O2. The number of furan rings is 1. The van der Waals surface area contributed by atoms with Gasteiger partial charge in [0.1, 0.15) is 11.6 Å². The van der Waals surface area contributed by atoms with Crippen LogP contribution in [-0.4, -0.2) is 25.5 Å². The van der Waals surface area contributed by atoms with Crippen molar-refractivity contribution in [2.24, 2.45) is 10.7 Å². The first kappa shape index (κ1) is 23.2. The van der Waals surface area contributed by atoms with Crippen LogP contribution in [0, 0.1) is 5.82 Å². The molecule has 0 unspecified atom stereocenters. The molecule has 0 aliphatic rings. The number of primary amides is 1. The summed E-state index contributed by atoms with van der Waals surface area (Å²) < 4.78 is 18.6. The molecule has 1 aromatic heterocycles. The lowest BCUT2D eigenvalue weighted by Crippen LogP contribution is -2.43. The molecule has 0 saturated carbocycles. The molecule has 0 fully saturated rings. The third kappa shape index (κ3) is 6.39. The Kier molecular flexibility index (Phi) is 8.55. The maximum atomic E-state index is 13.3. The number of rotatable bonds is 6. The number of nitrogens with one attached hydrogen (secondary N) is 2. The van der Waals surface area contributed by atoms with Crippen LogP contribution in [0.2, 0.25) is 5.02 Å². The van der Waals surface area contributed by atoms with E-state index in [1.807, 2.05) is 13.8 Å². The van der Waals surface area contributed by atoms with E-state index in [1.165, 1.54) is 18.2 Å². The Morgan fingerprint density at radius 2 is 2.00 bits per heavy atom. The first-order chi connectivity index (χ1) is 12.2. The molecule has 0 aliphatic heterocycles. The van der Waals surface area contributed by atoms with Gasteiger partial charge in [0.25, 0.3) is 5.91 Å². The number of hydrogen-bond acceptors (Lipinski definition) is 3. The van der Waals surface area contributed by atoms with Crippen LogP contribution in [0.1, 0.15) is 35.7 Å². The van der Waals surface area contributed by atoms with Crippen molar-refractivity contribution in [2.75, 3.05) is 13.6 Å². The molecule has 0 spiro atoms. The average Bonchev–Trinajstić information content (AvgIpc) is 3.04. The molecule has 1 amide bonds. The summed E-state index contributed by atoms with van der Waals surface area (Å²) in [5.41, 5.74) is 5.64. The van der Waals surface area contributed by atoms with Crippen LogP contribution >= 0.6 is 35.6 Å². The molecule has 0 bridgehead atoms. The number of amides is 1. The monoisotopic (exact) mass is 508 g/mol.